The molecule has 0 radical (unpaired) electrons. The zero-order valence-electron chi connectivity index (χ0n) is 10.0. The van der Waals surface area contributed by atoms with E-state index in [4.69, 9.17) is 13.8 Å². The van der Waals surface area contributed by atoms with Crippen molar-refractivity contribution in [3.8, 4) is 0 Å². The Morgan fingerprint density at radius 1 is 1.50 bits per heavy atom. The fourth-order valence-electron chi connectivity index (χ4n) is 2.02. The van der Waals surface area contributed by atoms with Gasteiger partial charge in [-0.15, -0.1) is 0 Å². The molecule has 5 nitrogen and oxygen atoms in total. The molecule has 2 aliphatic heterocycles. The maximum absolute atomic E-state index is 12.3. The number of hydrogen-bond acceptors (Lipinski definition) is 5. The van der Waals surface area contributed by atoms with E-state index in [1.54, 1.807) is 27.7 Å². The normalized spacial score (nSPS) is 53.0. The average molecular weight is 250 g/mol. The van der Waals surface area contributed by atoms with Crippen LogP contribution in [0.1, 0.15) is 27.7 Å². The Hall–Kier alpha value is 0.0700. The number of fused-ring (bicyclic) bond motifs is 1. The molecule has 0 spiro atoms. The van der Waals surface area contributed by atoms with Crippen LogP contribution < -0.4 is 0 Å². The van der Waals surface area contributed by atoms with Crippen LogP contribution in [-0.4, -0.2) is 41.3 Å². The van der Waals surface area contributed by atoms with Crippen LogP contribution in [-0.2, 0) is 18.3 Å². The van der Waals surface area contributed by atoms with Gasteiger partial charge in [-0.2, -0.15) is 0 Å². The summed E-state index contributed by atoms with van der Waals surface area (Å²) in [5.41, 5.74) is -1.32. The van der Waals surface area contributed by atoms with Gasteiger partial charge >= 0.3 is 7.60 Å². The quantitative estimate of drug-likeness (QED) is 0.715. The lowest BCUT2D eigenvalue weighted by atomic mass is 9.94. The van der Waals surface area contributed by atoms with E-state index in [0.29, 0.717) is 0 Å². The van der Waals surface area contributed by atoms with Crippen molar-refractivity contribution in [2.75, 3.05) is 6.61 Å². The van der Waals surface area contributed by atoms with E-state index in [9.17, 15) is 9.67 Å². The zero-order valence-corrected chi connectivity index (χ0v) is 10.9. The highest BCUT2D eigenvalue weighted by molar-refractivity contribution is 7.54. The second kappa shape index (κ2) is 3.79. The molecule has 0 aromatic carbocycles. The molecule has 5 atom stereocenters. The lowest BCUT2D eigenvalue weighted by Gasteiger charge is -2.37. The molecule has 94 valence electrons. The first-order valence-electron chi connectivity index (χ1n) is 5.58. The van der Waals surface area contributed by atoms with Gasteiger partial charge in [-0.3, -0.25) is 9.09 Å². The molecule has 0 aromatic heterocycles. The van der Waals surface area contributed by atoms with E-state index in [0.717, 1.165) is 0 Å². The molecule has 0 amide bonds. The molecule has 0 aliphatic carbocycles. The summed E-state index contributed by atoms with van der Waals surface area (Å²) in [7, 11) is -3.10. The zero-order chi connectivity index (χ0) is 12.1. The number of hydrogen-bond donors (Lipinski definition) is 1. The van der Waals surface area contributed by atoms with Gasteiger partial charge < -0.3 is 14.4 Å². The molecule has 2 heterocycles. The van der Waals surface area contributed by atoms with Crippen LogP contribution in [0.4, 0.5) is 0 Å². The van der Waals surface area contributed by atoms with Gasteiger partial charge in [-0.1, -0.05) is 13.8 Å². The average Bonchev–Trinajstić information content (AvgIpc) is 2.40. The summed E-state index contributed by atoms with van der Waals surface area (Å²) >= 11 is 0. The molecule has 1 N–H and O–H groups in total. The fourth-order valence-corrected chi connectivity index (χ4v) is 3.64. The molecule has 0 aromatic rings. The minimum absolute atomic E-state index is 0.208. The first kappa shape index (κ1) is 12.5. The first-order valence-corrected chi connectivity index (χ1v) is 7.19. The van der Waals surface area contributed by atoms with Crippen molar-refractivity contribution in [1.29, 1.82) is 0 Å². The maximum Gasteiger partial charge on any atom is 0.333 e. The lowest BCUT2D eigenvalue weighted by molar-refractivity contribution is -0.0615. The van der Waals surface area contributed by atoms with E-state index >= 15 is 0 Å². The third kappa shape index (κ3) is 1.75. The van der Waals surface area contributed by atoms with Crippen LogP contribution in [0.5, 0.6) is 0 Å². The summed E-state index contributed by atoms with van der Waals surface area (Å²) < 4.78 is 28.6. The molecule has 1 unspecified atom stereocenters. The minimum atomic E-state index is -3.10. The maximum atomic E-state index is 12.3. The van der Waals surface area contributed by atoms with Gasteiger partial charge in [-0.25, -0.2) is 0 Å². The molecule has 2 saturated heterocycles. The van der Waals surface area contributed by atoms with E-state index in [2.05, 4.69) is 0 Å². The van der Waals surface area contributed by atoms with Gasteiger partial charge in [0.25, 0.3) is 0 Å². The van der Waals surface area contributed by atoms with Gasteiger partial charge in [0.05, 0.1) is 18.4 Å². The summed E-state index contributed by atoms with van der Waals surface area (Å²) in [5.74, 6) is 0. The Morgan fingerprint density at radius 2 is 2.12 bits per heavy atom. The third-order valence-corrected chi connectivity index (χ3v) is 5.72. The highest BCUT2D eigenvalue weighted by atomic mass is 31.2. The van der Waals surface area contributed by atoms with Gasteiger partial charge in [0.1, 0.15) is 17.8 Å². The van der Waals surface area contributed by atoms with Crippen molar-refractivity contribution in [3.05, 3.63) is 0 Å². The van der Waals surface area contributed by atoms with Gasteiger partial charge in [-0.05, 0) is 13.8 Å². The summed E-state index contributed by atoms with van der Waals surface area (Å²) in [4.78, 5) is 0. The second-order valence-electron chi connectivity index (χ2n) is 5.00. The van der Waals surface area contributed by atoms with Crippen LogP contribution in [0.3, 0.4) is 0 Å². The molecule has 0 saturated carbocycles. The first-order chi connectivity index (χ1) is 7.27. The highest BCUT2D eigenvalue weighted by Gasteiger charge is 2.57. The van der Waals surface area contributed by atoms with Crippen molar-refractivity contribution in [2.45, 2.75) is 57.3 Å². The van der Waals surface area contributed by atoms with Crippen molar-refractivity contribution in [3.63, 3.8) is 0 Å². The molecular formula is C10H19O5P. The van der Waals surface area contributed by atoms with Crippen LogP contribution in [0.15, 0.2) is 0 Å². The number of rotatable bonds is 1. The van der Waals surface area contributed by atoms with Crippen LogP contribution in [0, 0.1) is 0 Å². The monoisotopic (exact) mass is 250 g/mol. The number of aliphatic hydroxyl groups is 1. The molecular weight excluding hydrogens is 231 g/mol. The van der Waals surface area contributed by atoms with E-state index in [1.807, 2.05) is 0 Å². The van der Waals surface area contributed by atoms with Crippen molar-refractivity contribution < 1.29 is 23.5 Å². The Kier molecular flexibility index (Phi) is 2.96. The summed E-state index contributed by atoms with van der Waals surface area (Å²) in [6, 6.07) is 0. The van der Waals surface area contributed by atoms with Gasteiger partial charge in [0, 0.05) is 0 Å². The van der Waals surface area contributed by atoms with E-state index in [1.165, 1.54) is 0 Å². The SMILES string of the molecule is CC(C)P1(=O)OC[C@H]2O[C@@H](C)[C@](C)(O)[C@@H]2O1. The largest absolute Gasteiger partial charge is 0.385 e. The van der Waals surface area contributed by atoms with Gasteiger partial charge in [0.2, 0.25) is 0 Å². The predicted molar refractivity (Wildman–Crippen MR) is 58.5 cm³/mol. The Balaban J connectivity index is 2.23. The summed E-state index contributed by atoms with van der Waals surface area (Å²) in [6.07, 6.45) is -1.24. The summed E-state index contributed by atoms with van der Waals surface area (Å²) in [5, 5.41) is 10.2. The van der Waals surface area contributed by atoms with Crippen LogP contribution in [0.2, 0.25) is 0 Å². The van der Waals surface area contributed by atoms with Crippen molar-refractivity contribution in [2.24, 2.45) is 0 Å². The Labute approximate surface area is 95.6 Å². The van der Waals surface area contributed by atoms with Crippen molar-refractivity contribution >= 4 is 7.60 Å². The molecule has 16 heavy (non-hydrogen) atoms. The topological polar surface area (TPSA) is 65.0 Å². The smallest absolute Gasteiger partial charge is 0.333 e. The van der Waals surface area contributed by atoms with Crippen LogP contribution >= 0.6 is 7.60 Å². The fraction of sp³-hybridized carbons (Fsp3) is 1.00. The molecule has 2 rings (SSSR count). The molecule has 6 heteroatoms. The minimum Gasteiger partial charge on any atom is -0.385 e. The van der Waals surface area contributed by atoms with Crippen LogP contribution in [0.25, 0.3) is 0 Å². The Bertz CT molecular complexity index is 327. The Morgan fingerprint density at radius 3 is 2.69 bits per heavy atom. The second-order valence-corrected chi connectivity index (χ2v) is 7.58. The van der Waals surface area contributed by atoms with Crippen molar-refractivity contribution in [1.82, 2.24) is 0 Å². The standard InChI is InChI=1S/C10H19O5P/c1-6(2)16(12)13-5-8-9(15-16)10(4,11)7(3)14-8/h6-9,11H,5H2,1-4H3/t7-,8+,9+,10-,16?/m0/s1. The number of ether oxygens (including phenoxy) is 1. The lowest BCUT2D eigenvalue weighted by Crippen LogP contribution is -2.48. The summed E-state index contributed by atoms with van der Waals surface area (Å²) in [6.45, 7) is 7.23. The molecule has 2 aliphatic rings. The molecule has 0 bridgehead atoms. The van der Waals surface area contributed by atoms with E-state index < -0.39 is 19.3 Å². The highest BCUT2D eigenvalue weighted by Crippen LogP contribution is 2.59. The van der Waals surface area contributed by atoms with Gasteiger partial charge in [0.15, 0.2) is 0 Å². The molecule has 2 fully saturated rings. The predicted octanol–water partition coefficient (Wildman–Crippen LogP) is 1.54. The van der Waals surface area contributed by atoms with E-state index in [-0.39, 0.29) is 24.5 Å². The third-order valence-electron chi connectivity index (χ3n) is 3.43.